The molecule has 1 spiro atoms. The molecule has 1 aromatic carbocycles. The SMILES string of the molecule is CC(=O)N[C@@H]1C[C@H](c2ccccc2F)OC2(CCN(C(C)=O)CC2)C1. The monoisotopic (exact) mass is 348 g/mol. The Morgan fingerprint density at radius 3 is 2.52 bits per heavy atom. The van der Waals surface area contributed by atoms with Crippen LogP contribution in [0.4, 0.5) is 4.39 Å². The standard InChI is InChI=1S/C19H25FN2O3/c1-13(23)21-15-11-18(16-5-3-4-6-17(16)20)25-19(12-15)7-9-22(10-8-19)14(2)24/h3-6,15,18H,7-12H2,1-2H3,(H,21,23)/t15-,18-/m1/s1. The van der Waals surface area contributed by atoms with Gasteiger partial charge in [-0.2, -0.15) is 0 Å². The molecule has 2 amide bonds. The van der Waals surface area contributed by atoms with Gasteiger partial charge in [0.25, 0.3) is 0 Å². The van der Waals surface area contributed by atoms with E-state index in [2.05, 4.69) is 5.32 Å². The minimum atomic E-state index is -0.426. The van der Waals surface area contributed by atoms with Gasteiger partial charge in [0.2, 0.25) is 11.8 Å². The van der Waals surface area contributed by atoms with Gasteiger partial charge in [0.15, 0.2) is 0 Å². The largest absolute Gasteiger partial charge is 0.367 e. The third kappa shape index (κ3) is 4.00. The van der Waals surface area contributed by atoms with Crippen molar-refractivity contribution in [1.29, 1.82) is 0 Å². The Morgan fingerprint density at radius 1 is 1.24 bits per heavy atom. The van der Waals surface area contributed by atoms with Crippen LogP contribution in [0.1, 0.15) is 51.2 Å². The summed E-state index contributed by atoms with van der Waals surface area (Å²) in [6, 6.07) is 6.59. The first-order valence-corrected chi connectivity index (χ1v) is 8.83. The number of rotatable bonds is 2. The number of benzene rings is 1. The van der Waals surface area contributed by atoms with Gasteiger partial charge in [-0.15, -0.1) is 0 Å². The van der Waals surface area contributed by atoms with Gasteiger partial charge in [0, 0.05) is 38.5 Å². The Morgan fingerprint density at radius 2 is 1.92 bits per heavy atom. The third-order valence-electron chi connectivity index (χ3n) is 5.29. The lowest BCUT2D eigenvalue weighted by Crippen LogP contribution is -2.54. The lowest BCUT2D eigenvalue weighted by molar-refractivity contribution is -0.168. The molecular formula is C19H25FN2O3. The van der Waals surface area contributed by atoms with E-state index in [1.54, 1.807) is 25.1 Å². The molecule has 1 N–H and O–H groups in total. The summed E-state index contributed by atoms with van der Waals surface area (Å²) in [6.07, 6.45) is 2.26. The van der Waals surface area contributed by atoms with Crippen molar-refractivity contribution >= 4 is 11.8 Å². The molecule has 0 saturated carbocycles. The van der Waals surface area contributed by atoms with E-state index < -0.39 is 11.7 Å². The van der Waals surface area contributed by atoms with Gasteiger partial charge in [0.1, 0.15) is 5.82 Å². The van der Waals surface area contributed by atoms with Crippen molar-refractivity contribution in [3.8, 4) is 0 Å². The minimum Gasteiger partial charge on any atom is -0.367 e. The molecule has 3 rings (SSSR count). The highest BCUT2D eigenvalue weighted by molar-refractivity contribution is 5.73. The van der Waals surface area contributed by atoms with E-state index >= 15 is 0 Å². The van der Waals surface area contributed by atoms with Gasteiger partial charge < -0.3 is 15.0 Å². The second-order valence-electron chi connectivity index (χ2n) is 7.15. The number of hydrogen-bond donors (Lipinski definition) is 1. The molecule has 0 unspecified atom stereocenters. The molecule has 0 aliphatic carbocycles. The average Bonchev–Trinajstić information content (AvgIpc) is 2.54. The first kappa shape index (κ1) is 17.9. The maximum atomic E-state index is 14.3. The summed E-state index contributed by atoms with van der Waals surface area (Å²) in [4.78, 5) is 25.0. The number of hydrogen-bond acceptors (Lipinski definition) is 3. The second kappa shape index (κ2) is 7.12. The van der Waals surface area contributed by atoms with Crippen LogP contribution in [0.2, 0.25) is 0 Å². The molecule has 136 valence electrons. The fourth-order valence-corrected chi connectivity index (χ4v) is 4.06. The molecule has 0 aromatic heterocycles. The predicted molar refractivity (Wildman–Crippen MR) is 91.3 cm³/mol. The zero-order valence-electron chi connectivity index (χ0n) is 14.8. The fourth-order valence-electron chi connectivity index (χ4n) is 4.06. The molecule has 0 radical (unpaired) electrons. The van der Waals surface area contributed by atoms with Crippen molar-refractivity contribution in [2.24, 2.45) is 0 Å². The van der Waals surface area contributed by atoms with E-state index in [1.165, 1.54) is 13.0 Å². The number of carbonyl (C=O) groups excluding carboxylic acids is 2. The number of ether oxygens (including phenoxy) is 1. The predicted octanol–water partition coefficient (Wildman–Crippen LogP) is 2.56. The van der Waals surface area contributed by atoms with E-state index in [0.29, 0.717) is 44.3 Å². The Hall–Kier alpha value is -1.95. The molecule has 0 bridgehead atoms. The van der Waals surface area contributed by atoms with Crippen LogP contribution in [-0.2, 0) is 14.3 Å². The molecule has 2 fully saturated rings. The molecule has 5 nitrogen and oxygen atoms in total. The highest BCUT2D eigenvalue weighted by atomic mass is 19.1. The molecule has 2 aliphatic rings. The number of carbonyl (C=O) groups is 2. The summed E-state index contributed by atoms with van der Waals surface area (Å²) in [5.74, 6) is -0.308. The Labute approximate surface area is 147 Å². The number of halogens is 1. The summed E-state index contributed by atoms with van der Waals surface area (Å²) < 4.78 is 20.7. The zero-order chi connectivity index (χ0) is 18.0. The van der Waals surface area contributed by atoms with Crippen molar-refractivity contribution in [3.05, 3.63) is 35.6 Å². The van der Waals surface area contributed by atoms with Gasteiger partial charge in [-0.1, -0.05) is 18.2 Å². The maximum Gasteiger partial charge on any atom is 0.219 e. The van der Waals surface area contributed by atoms with Crippen LogP contribution in [0.5, 0.6) is 0 Å². The first-order valence-electron chi connectivity index (χ1n) is 8.83. The summed E-state index contributed by atoms with van der Waals surface area (Å²) in [7, 11) is 0. The molecule has 25 heavy (non-hydrogen) atoms. The lowest BCUT2D eigenvalue weighted by atomic mass is 9.79. The van der Waals surface area contributed by atoms with Crippen molar-refractivity contribution in [2.75, 3.05) is 13.1 Å². The van der Waals surface area contributed by atoms with Crippen LogP contribution in [0, 0.1) is 5.82 Å². The van der Waals surface area contributed by atoms with Gasteiger partial charge in [-0.05, 0) is 31.7 Å². The maximum absolute atomic E-state index is 14.3. The van der Waals surface area contributed by atoms with E-state index in [0.717, 1.165) is 0 Å². The van der Waals surface area contributed by atoms with Crippen molar-refractivity contribution in [2.45, 2.75) is 57.3 Å². The second-order valence-corrected chi connectivity index (χ2v) is 7.15. The summed E-state index contributed by atoms with van der Waals surface area (Å²) >= 11 is 0. The van der Waals surface area contributed by atoms with Crippen LogP contribution >= 0.6 is 0 Å². The average molecular weight is 348 g/mol. The minimum absolute atomic E-state index is 0.0558. The topological polar surface area (TPSA) is 58.6 Å². The summed E-state index contributed by atoms with van der Waals surface area (Å²) in [5, 5.41) is 2.98. The number of likely N-dealkylation sites (tertiary alicyclic amines) is 1. The number of amides is 2. The van der Waals surface area contributed by atoms with Crippen LogP contribution in [-0.4, -0.2) is 41.4 Å². The van der Waals surface area contributed by atoms with E-state index in [-0.39, 0.29) is 23.7 Å². The van der Waals surface area contributed by atoms with Crippen molar-refractivity contribution < 1.29 is 18.7 Å². The fraction of sp³-hybridized carbons (Fsp3) is 0.579. The number of nitrogens with zero attached hydrogens (tertiary/aromatic N) is 1. The van der Waals surface area contributed by atoms with Gasteiger partial charge in [0.05, 0.1) is 11.7 Å². The summed E-state index contributed by atoms with van der Waals surface area (Å²) in [5.41, 5.74) is 0.107. The molecule has 1 aromatic rings. The van der Waals surface area contributed by atoms with Gasteiger partial charge in [-0.3, -0.25) is 9.59 Å². The highest BCUT2D eigenvalue weighted by Crippen LogP contribution is 2.43. The molecular weight excluding hydrogens is 323 g/mol. The van der Waals surface area contributed by atoms with Crippen LogP contribution < -0.4 is 5.32 Å². The lowest BCUT2D eigenvalue weighted by Gasteiger charge is -2.49. The molecule has 2 atom stereocenters. The number of piperidine rings is 1. The Kier molecular flexibility index (Phi) is 5.08. The smallest absolute Gasteiger partial charge is 0.219 e. The zero-order valence-corrected chi connectivity index (χ0v) is 14.8. The van der Waals surface area contributed by atoms with Crippen molar-refractivity contribution in [3.63, 3.8) is 0 Å². The van der Waals surface area contributed by atoms with Crippen molar-refractivity contribution in [1.82, 2.24) is 10.2 Å². The first-order chi connectivity index (χ1) is 11.9. The van der Waals surface area contributed by atoms with Gasteiger partial charge in [-0.25, -0.2) is 4.39 Å². The van der Waals surface area contributed by atoms with Crippen LogP contribution in [0.15, 0.2) is 24.3 Å². The number of nitrogens with one attached hydrogen (secondary N) is 1. The van der Waals surface area contributed by atoms with E-state index in [4.69, 9.17) is 4.74 Å². The third-order valence-corrected chi connectivity index (χ3v) is 5.29. The summed E-state index contributed by atoms with van der Waals surface area (Å²) in [6.45, 7) is 4.33. The van der Waals surface area contributed by atoms with Crippen LogP contribution in [0.25, 0.3) is 0 Å². The highest BCUT2D eigenvalue weighted by Gasteiger charge is 2.45. The normalized spacial score (nSPS) is 25.6. The Balaban J connectivity index is 1.82. The molecule has 2 saturated heterocycles. The molecule has 6 heteroatoms. The van der Waals surface area contributed by atoms with E-state index in [9.17, 15) is 14.0 Å². The van der Waals surface area contributed by atoms with Crippen LogP contribution in [0.3, 0.4) is 0 Å². The Bertz CT molecular complexity index is 656. The van der Waals surface area contributed by atoms with E-state index in [1.807, 2.05) is 4.90 Å². The van der Waals surface area contributed by atoms with Gasteiger partial charge >= 0.3 is 0 Å². The quantitative estimate of drug-likeness (QED) is 0.894. The molecule has 2 aliphatic heterocycles. The molecule has 2 heterocycles.